The molecule has 112 valence electrons. The Balaban J connectivity index is 2.14. The number of hydrogen-bond acceptors (Lipinski definition) is 4. The van der Waals surface area contributed by atoms with Gasteiger partial charge in [0.15, 0.2) is 0 Å². The smallest absolute Gasteiger partial charge is 0.308 e. The van der Waals surface area contributed by atoms with Gasteiger partial charge in [-0.05, 0) is 24.3 Å². The number of nitro groups is 1. The third-order valence-corrected chi connectivity index (χ3v) is 2.89. The van der Waals surface area contributed by atoms with Gasteiger partial charge in [0.1, 0.15) is 5.56 Å². The number of nitrogens with one attached hydrogen (secondary N) is 2. The van der Waals surface area contributed by atoms with Gasteiger partial charge in [-0.3, -0.25) is 20.2 Å². The summed E-state index contributed by atoms with van der Waals surface area (Å²) in [6.07, 6.45) is 0. The SMILES string of the molecule is O=C(NC(=O)c1cc(Cl)ccc1[N+](=O)[O-])Nc1ccccc1. The molecule has 3 amide bonds. The lowest BCUT2D eigenvalue weighted by atomic mass is 10.1. The van der Waals surface area contributed by atoms with Crippen molar-refractivity contribution in [2.75, 3.05) is 5.32 Å². The number of imide groups is 1. The molecule has 0 radical (unpaired) electrons. The van der Waals surface area contributed by atoms with Crippen molar-refractivity contribution in [1.29, 1.82) is 0 Å². The number of nitrogens with zero attached hydrogens (tertiary/aromatic N) is 1. The lowest BCUT2D eigenvalue weighted by Crippen LogP contribution is -2.34. The van der Waals surface area contributed by atoms with Crippen LogP contribution in [0.5, 0.6) is 0 Å². The zero-order chi connectivity index (χ0) is 16.1. The van der Waals surface area contributed by atoms with Crippen LogP contribution in [-0.4, -0.2) is 16.9 Å². The van der Waals surface area contributed by atoms with Crippen LogP contribution in [0.3, 0.4) is 0 Å². The zero-order valence-electron chi connectivity index (χ0n) is 11.1. The summed E-state index contributed by atoms with van der Waals surface area (Å²) in [6, 6.07) is 11.2. The van der Waals surface area contributed by atoms with E-state index in [4.69, 9.17) is 11.6 Å². The zero-order valence-corrected chi connectivity index (χ0v) is 11.8. The van der Waals surface area contributed by atoms with Gasteiger partial charge in [0, 0.05) is 16.8 Å². The van der Waals surface area contributed by atoms with Crippen LogP contribution in [0, 0.1) is 10.1 Å². The molecule has 0 aliphatic heterocycles. The quantitative estimate of drug-likeness (QED) is 0.670. The van der Waals surface area contributed by atoms with E-state index in [1.807, 2.05) is 5.32 Å². The van der Waals surface area contributed by atoms with Gasteiger partial charge in [-0.2, -0.15) is 0 Å². The summed E-state index contributed by atoms with van der Waals surface area (Å²) < 4.78 is 0. The van der Waals surface area contributed by atoms with E-state index in [0.29, 0.717) is 5.69 Å². The van der Waals surface area contributed by atoms with Crippen LogP contribution >= 0.6 is 11.6 Å². The number of amides is 3. The molecular weight excluding hydrogens is 310 g/mol. The summed E-state index contributed by atoms with van der Waals surface area (Å²) in [5, 5.41) is 15.5. The molecule has 2 aromatic carbocycles. The predicted molar refractivity (Wildman–Crippen MR) is 81.0 cm³/mol. The van der Waals surface area contributed by atoms with Gasteiger partial charge < -0.3 is 5.32 Å². The molecule has 8 heteroatoms. The van der Waals surface area contributed by atoms with Crippen molar-refractivity contribution >= 4 is 34.9 Å². The molecule has 0 saturated heterocycles. The van der Waals surface area contributed by atoms with Crippen LogP contribution in [0.15, 0.2) is 48.5 Å². The Kier molecular flexibility index (Phi) is 4.70. The number of hydrogen-bond donors (Lipinski definition) is 2. The van der Waals surface area contributed by atoms with E-state index < -0.39 is 22.5 Å². The minimum absolute atomic E-state index is 0.152. The van der Waals surface area contributed by atoms with Crippen molar-refractivity contribution < 1.29 is 14.5 Å². The van der Waals surface area contributed by atoms with Gasteiger partial charge in [0.2, 0.25) is 0 Å². The van der Waals surface area contributed by atoms with Crippen LogP contribution in [0.2, 0.25) is 5.02 Å². The lowest BCUT2D eigenvalue weighted by Gasteiger charge is -2.07. The van der Waals surface area contributed by atoms with E-state index in [9.17, 15) is 19.7 Å². The molecule has 0 fully saturated rings. The maximum atomic E-state index is 12.0. The number of urea groups is 1. The number of nitro benzene ring substituents is 1. The highest BCUT2D eigenvalue weighted by atomic mass is 35.5. The molecule has 0 bridgehead atoms. The van der Waals surface area contributed by atoms with Gasteiger partial charge in [-0.1, -0.05) is 29.8 Å². The van der Waals surface area contributed by atoms with Crippen molar-refractivity contribution in [3.63, 3.8) is 0 Å². The summed E-state index contributed by atoms with van der Waals surface area (Å²) in [6.45, 7) is 0. The van der Waals surface area contributed by atoms with E-state index in [2.05, 4.69) is 5.32 Å². The topological polar surface area (TPSA) is 101 Å². The van der Waals surface area contributed by atoms with Crippen molar-refractivity contribution in [3.05, 3.63) is 69.2 Å². The fraction of sp³-hybridized carbons (Fsp3) is 0. The van der Waals surface area contributed by atoms with E-state index in [1.54, 1.807) is 30.3 Å². The standard InChI is InChI=1S/C14H10ClN3O4/c15-9-6-7-12(18(21)22)11(8-9)13(19)17-14(20)16-10-4-2-1-3-5-10/h1-8H,(H2,16,17,19,20). The Bertz CT molecular complexity index is 734. The second-order valence-electron chi connectivity index (χ2n) is 4.19. The molecule has 0 unspecified atom stereocenters. The largest absolute Gasteiger partial charge is 0.326 e. The van der Waals surface area contributed by atoms with Gasteiger partial charge in [-0.15, -0.1) is 0 Å². The second-order valence-corrected chi connectivity index (χ2v) is 4.63. The molecule has 2 aromatic rings. The van der Waals surface area contributed by atoms with Crippen LogP contribution in [-0.2, 0) is 0 Å². The number of benzene rings is 2. The summed E-state index contributed by atoms with van der Waals surface area (Å²) in [5.41, 5.74) is -0.247. The molecule has 0 saturated carbocycles. The van der Waals surface area contributed by atoms with Gasteiger partial charge >= 0.3 is 6.03 Å². The minimum Gasteiger partial charge on any atom is -0.308 e. The first-order chi connectivity index (χ1) is 10.5. The fourth-order valence-electron chi connectivity index (χ4n) is 1.70. The summed E-state index contributed by atoms with van der Waals surface area (Å²) in [4.78, 5) is 33.9. The predicted octanol–water partition coefficient (Wildman–Crippen LogP) is 3.21. The molecule has 0 spiro atoms. The van der Waals surface area contributed by atoms with E-state index in [0.717, 1.165) is 12.1 Å². The third kappa shape index (κ3) is 3.80. The first-order valence-electron chi connectivity index (χ1n) is 6.08. The molecule has 0 heterocycles. The van der Waals surface area contributed by atoms with Gasteiger partial charge in [-0.25, -0.2) is 4.79 Å². The molecule has 0 aromatic heterocycles. The number of carbonyl (C=O) groups excluding carboxylic acids is 2. The molecule has 22 heavy (non-hydrogen) atoms. The van der Waals surface area contributed by atoms with Crippen LogP contribution in [0.25, 0.3) is 0 Å². The highest BCUT2D eigenvalue weighted by molar-refractivity contribution is 6.31. The van der Waals surface area contributed by atoms with Gasteiger partial charge in [0.25, 0.3) is 11.6 Å². The lowest BCUT2D eigenvalue weighted by molar-refractivity contribution is -0.385. The Labute approximate surface area is 130 Å². The van der Waals surface area contributed by atoms with Gasteiger partial charge in [0.05, 0.1) is 4.92 Å². The molecule has 0 aliphatic rings. The average molecular weight is 320 g/mol. The normalized spacial score (nSPS) is 9.86. The fourth-order valence-corrected chi connectivity index (χ4v) is 1.88. The number of carbonyl (C=O) groups is 2. The van der Waals surface area contributed by atoms with E-state index in [-0.39, 0.29) is 10.6 Å². The average Bonchev–Trinajstić information content (AvgIpc) is 2.47. The Morgan fingerprint density at radius 3 is 2.41 bits per heavy atom. The molecule has 0 aliphatic carbocycles. The second kappa shape index (κ2) is 6.68. The van der Waals surface area contributed by atoms with Crippen molar-refractivity contribution in [2.45, 2.75) is 0 Å². The van der Waals surface area contributed by atoms with E-state index in [1.165, 1.54) is 6.07 Å². The maximum Gasteiger partial charge on any atom is 0.326 e. The van der Waals surface area contributed by atoms with Crippen LogP contribution < -0.4 is 10.6 Å². The monoisotopic (exact) mass is 319 g/mol. The summed E-state index contributed by atoms with van der Waals surface area (Å²) in [5.74, 6) is -0.914. The first-order valence-corrected chi connectivity index (χ1v) is 6.46. The molecule has 2 N–H and O–H groups in total. The van der Waals surface area contributed by atoms with Crippen molar-refractivity contribution in [1.82, 2.24) is 5.32 Å². The number of rotatable bonds is 3. The maximum absolute atomic E-state index is 12.0. The number of anilines is 1. The Morgan fingerprint density at radius 1 is 1.09 bits per heavy atom. The van der Waals surface area contributed by atoms with Crippen LogP contribution in [0.4, 0.5) is 16.2 Å². The van der Waals surface area contributed by atoms with Crippen molar-refractivity contribution in [3.8, 4) is 0 Å². The third-order valence-electron chi connectivity index (χ3n) is 2.66. The highest BCUT2D eigenvalue weighted by Gasteiger charge is 2.22. The number of halogens is 1. The molecular formula is C14H10ClN3O4. The van der Waals surface area contributed by atoms with Crippen molar-refractivity contribution in [2.24, 2.45) is 0 Å². The minimum atomic E-state index is -0.914. The Morgan fingerprint density at radius 2 is 1.77 bits per heavy atom. The molecule has 7 nitrogen and oxygen atoms in total. The number of para-hydroxylation sites is 1. The highest BCUT2D eigenvalue weighted by Crippen LogP contribution is 2.22. The summed E-state index contributed by atoms with van der Waals surface area (Å²) in [7, 11) is 0. The summed E-state index contributed by atoms with van der Waals surface area (Å²) >= 11 is 5.73. The first kappa shape index (κ1) is 15.5. The Hall–Kier alpha value is -2.93. The van der Waals surface area contributed by atoms with E-state index >= 15 is 0 Å². The molecule has 0 atom stereocenters. The van der Waals surface area contributed by atoms with Crippen LogP contribution in [0.1, 0.15) is 10.4 Å². The molecule has 2 rings (SSSR count).